The van der Waals surface area contributed by atoms with Crippen LogP contribution in [0.1, 0.15) is 0 Å². The number of quaternary nitrogens is 2. The molecule has 8 heavy (non-hydrogen) atoms. The fourth-order valence-electron chi connectivity index (χ4n) is 0. The SMILES string of the molecule is O=P([O-])([O-])O.P.[NH4+].[NH4+]. The summed E-state index contributed by atoms with van der Waals surface area (Å²) in [5, 5.41) is 0. The predicted octanol–water partition coefficient (Wildman–Crippen LogP) is -1.38. The van der Waals surface area contributed by atoms with Crippen LogP contribution in [0.3, 0.4) is 0 Å². The summed E-state index contributed by atoms with van der Waals surface area (Å²) in [4.78, 5) is 24.3. The van der Waals surface area contributed by atoms with Crippen molar-refractivity contribution < 1.29 is 19.2 Å². The van der Waals surface area contributed by atoms with Crippen molar-refractivity contribution in [2.24, 2.45) is 0 Å². The van der Waals surface area contributed by atoms with E-state index in [0.717, 1.165) is 0 Å². The van der Waals surface area contributed by atoms with Gasteiger partial charge in [-0.1, -0.05) is 0 Å². The van der Waals surface area contributed by atoms with Crippen molar-refractivity contribution in [3.63, 3.8) is 0 Å². The van der Waals surface area contributed by atoms with E-state index >= 15 is 0 Å². The van der Waals surface area contributed by atoms with E-state index in [1.54, 1.807) is 0 Å². The highest BCUT2D eigenvalue weighted by molar-refractivity contribution is 7.42. The Bertz CT molecular complexity index is 58.2. The Kier molecular flexibility index (Phi) is 22.1. The quantitative estimate of drug-likeness (QED) is 0.378. The van der Waals surface area contributed by atoms with Crippen molar-refractivity contribution >= 4 is 17.7 Å². The second kappa shape index (κ2) is 7.46. The van der Waals surface area contributed by atoms with Crippen molar-refractivity contribution in [1.29, 1.82) is 0 Å². The van der Waals surface area contributed by atoms with Crippen molar-refractivity contribution in [3.8, 4) is 0 Å². The zero-order valence-corrected chi connectivity index (χ0v) is 7.13. The van der Waals surface area contributed by atoms with Gasteiger partial charge in [0.05, 0.1) is 7.82 Å². The molecular weight excluding hydrogens is 154 g/mol. The van der Waals surface area contributed by atoms with Crippen LogP contribution in [0.2, 0.25) is 0 Å². The van der Waals surface area contributed by atoms with E-state index in [4.69, 9.17) is 19.2 Å². The number of hydrogen-bond donors (Lipinski definition) is 3. The highest BCUT2D eigenvalue weighted by Crippen LogP contribution is 2.11. The minimum absolute atomic E-state index is 0. The zero-order valence-electron chi connectivity index (χ0n) is 4.83. The fraction of sp³-hybridized carbons (Fsp3) is 0. The van der Waals surface area contributed by atoms with E-state index in [1.165, 1.54) is 0 Å². The molecule has 1 atom stereocenters. The molecule has 0 aliphatic carbocycles. The minimum Gasteiger partial charge on any atom is -0.790 e. The minimum atomic E-state index is -5.14. The molecule has 8 heteroatoms. The molecule has 0 amide bonds. The third-order valence-electron chi connectivity index (χ3n) is 0. The van der Waals surface area contributed by atoms with E-state index in [1.807, 2.05) is 0 Å². The van der Waals surface area contributed by atoms with Gasteiger partial charge >= 0.3 is 0 Å². The Morgan fingerprint density at radius 3 is 1.25 bits per heavy atom. The van der Waals surface area contributed by atoms with Crippen molar-refractivity contribution in [1.82, 2.24) is 12.3 Å². The van der Waals surface area contributed by atoms with Crippen LogP contribution in [0.15, 0.2) is 0 Å². The van der Waals surface area contributed by atoms with Gasteiger partial charge in [0, 0.05) is 0 Å². The number of phosphoric acid groups is 1. The molecule has 0 fully saturated rings. The molecular formula is H12N2O4P2. The summed E-state index contributed by atoms with van der Waals surface area (Å²) >= 11 is 0. The maximum atomic E-state index is 8.66. The lowest BCUT2D eigenvalue weighted by atomic mass is 14.0. The van der Waals surface area contributed by atoms with Gasteiger partial charge in [-0.15, -0.1) is 0 Å². The molecule has 0 aromatic carbocycles. The molecule has 0 saturated heterocycles. The summed E-state index contributed by atoms with van der Waals surface area (Å²) in [6.07, 6.45) is 0. The summed E-state index contributed by atoms with van der Waals surface area (Å²) in [5.74, 6) is 0. The van der Waals surface area contributed by atoms with E-state index in [-0.39, 0.29) is 22.2 Å². The molecule has 0 aromatic rings. The Hall–Kier alpha value is 0.460. The van der Waals surface area contributed by atoms with Gasteiger partial charge in [-0.05, 0) is 0 Å². The van der Waals surface area contributed by atoms with E-state index in [2.05, 4.69) is 0 Å². The predicted molar refractivity (Wildman–Crippen MR) is 32.9 cm³/mol. The van der Waals surface area contributed by atoms with Crippen LogP contribution >= 0.6 is 17.7 Å². The molecule has 1 unspecified atom stereocenters. The molecule has 0 aliphatic rings. The van der Waals surface area contributed by atoms with Gasteiger partial charge in [0.25, 0.3) is 0 Å². The topological polar surface area (TPSA) is 156 Å². The van der Waals surface area contributed by atoms with Crippen LogP contribution < -0.4 is 22.1 Å². The number of rotatable bonds is 0. The van der Waals surface area contributed by atoms with Crippen LogP contribution in [0, 0.1) is 0 Å². The summed E-state index contributed by atoms with van der Waals surface area (Å²) in [7, 11) is -5.14. The normalized spacial score (nSPS) is 7.38. The van der Waals surface area contributed by atoms with Gasteiger partial charge in [-0.25, -0.2) is 0 Å². The zero-order chi connectivity index (χ0) is 4.50. The Balaban J connectivity index is -0.0000000267. The third kappa shape index (κ3) is 910. The largest absolute Gasteiger partial charge is 0.790 e. The average molecular weight is 166 g/mol. The van der Waals surface area contributed by atoms with Crippen LogP contribution in [0.25, 0.3) is 0 Å². The van der Waals surface area contributed by atoms with Gasteiger partial charge < -0.3 is 31.5 Å². The molecule has 0 spiro atoms. The molecule has 0 aromatic heterocycles. The van der Waals surface area contributed by atoms with Crippen LogP contribution in [-0.2, 0) is 4.57 Å². The molecule has 0 aliphatic heterocycles. The lowest BCUT2D eigenvalue weighted by molar-refractivity contribution is -0.337. The van der Waals surface area contributed by atoms with Crippen LogP contribution in [0.4, 0.5) is 0 Å². The lowest BCUT2D eigenvalue weighted by Gasteiger charge is -2.19. The fourth-order valence-corrected chi connectivity index (χ4v) is 0. The first-order chi connectivity index (χ1) is 2.00. The maximum absolute atomic E-state index is 8.66. The maximum Gasteiger partial charge on any atom is 0.0557 e. The molecule has 0 radical (unpaired) electrons. The van der Waals surface area contributed by atoms with Crippen molar-refractivity contribution in [2.45, 2.75) is 0 Å². The van der Waals surface area contributed by atoms with Gasteiger partial charge in [-0.3, -0.25) is 0 Å². The molecule has 0 bridgehead atoms. The monoisotopic (exact) mass is 166 g/mol. The summed E-state index contributed by atoms with van der Waals surface area (Å²) in [6, 6.07) is 0. The van der Waals surface area contributed by atoms with Crippen LogP contribution in [-0.4, -0.2) is 4.89 Å². The molecule has 9 N–H and O–H groups in total. The average Bonchev–Trinajstić information content (AvgIpc) is 0.722. The van der Waals surface area contributed by atoms with E-state index in [0.29, 0.717) is 0 Å². The van der Waals surface area contributed by atoms with Gasteiger partial charge in [0.15, 0.2) is 0 Å². The van der Waals surface area contributed by atoms with Crippen molar-refractivity contribution in [3.05, 3.63) is 0 Å². The second-order valence-electron chi connectivity index (χ2n) is 0.469. The Morgan fingerprint density at radius 2 is 1.25 bits per heavy atom. The Labute approximate surface area is 50.3 Å². The third-order valence-corrected chi connectivity index (χ3v) is 0. The molecule has 0 rings (SSSR count). The molecule has 56 valence electrons. The first-order valence-electron chi connectivity index (χ1n) is 0.748. The van der Waals surface area contributed by atoms with Gasteiger partial charge in [-0.2, -0.15) is 9.90 Å². The van der Waals surface area contributed by atoms with Crippen molar-refractivity contribution in [2.75, 3.05) is 0 Å². The standard InChI is InChI=1S/2H3N.H3O4P.H3P/c;;1-5(2,3)4;/h2*1H3;(H3,1,2,3,4);1H3. The van der Waals surface area contributed by atoms with E-state index < -0.39 is 7.82 Å². The summed E-state index contributed by atoms with van der Waals surface area (Å²) in [6.45, 7) is 0. The van der Waals surface area contributed by atoms with Gasteiger partial charge in [0.2, 0.25) is 0 Å². The van der Waals surface area contributed by atoms with Crippen LogP contribution in [0.5, 0.6) is 0 Å². The number of hydrogen-bond acceptors (Lipinski definition) is 3. The lowest BCUT2D eigenvalue weighted by Crippen LogP contribution is -2.11. The molecule has 6 nitrogen and oxygen atoms in total. The van der Waals surface area contributed by atoms with E-state index in [9.17, 15) is 0 Å². The Morgan fingerprint density at radius 1 is 1.25 bits per heavy atom. The first kappa shape index (κ1) is 23.7. The second-order valence-corrected chi connectivity index (χ2v) is 1.41. The summed E-state index contributed by atoms with van der Waals surface area (Å²) < 4.78 is 8.66. The highest BCUT2D eigenvalue weighted by atomic mass is 31.2. The van der Waals surface area contributed by atoms with Gasteiger partial charge in [0.1, 0.15) is 0 Å². The first-order valence-corrected chi connectivity index (χ1v) is 2.24. The molecule has 0 heterocycles. The summed E-state index contributed by atoms with van der Waals surface area (Å²) in [5.41, 5.74) is 0. The smallest absolute Gasteiger partial charge is 0.0557 e. The molecule has 0 saturated carbocycles. The highest BCUT2D eigenvalue weighted by Gasteiger charge is 1.64.